The molecule has 0 aliphatic rings. The number of nitrogens with zero attached hydrogens (tertiary/aromatic N) is 9. The molecule has 16 nitrogen and oxygen atoms in total. The van der Waals surface area contributed by atoms with E-state index >= 15 is 0 Å². The van der Waals surface area contributed by atoms with Crippen molar-refractivity contribution in [3.05, 3.63) is 225 Å². The Morgan fingerprint density at radius 1 is 0.631 bits per heavy atom. The van der Waals surface area contributed by atoms with Crippen LogP contribution in [0.5, 0.6) is 0 Å². The molecule has 2 atom stereocenters. The largest absolute Gasteiger partial charge is 0.481 e. The third-order valence-corrected chi connectivity index (χ3v) is 14.7. The number of thiazole rings is 2. The van der Waals surface area contributed by atoms with Crippen molar-refractivity contribution in [2.24, 2.45) is 10.7 Å². The zero-order valence-corrected chi connectivity index (χ0v) is 49.8. The Hall–Kier alpha value is -8.82. The topological polar surface area (TPSA) is 221 Å². The van der Waals surface area contributed by atoms with Gasteiger partial charge in [0.1, 0.15) is 33.3 Å². The van der Waals surface area contributed by atoms with Crippen LogP contribution in [0.4, 0.5) is 11.6 Å². The molecule has 12 aromatic rings. The fourth-order valence-corrected chi connectivity index (χ4v) is 10.9. The fourth-order valence-electron chi connectivity index (χ4n) is 9.55. The third-order valence-electron chi connectivity index (χ3n) is 13.1. The van der Waals surface area contributed by atoms with E-state index < -0.39 is 5.97 Å². The van der Waals surface area contributed by atoms with E-state index in [0.29, 0.717) is 41.0 Å². The van der Waals surface area contributed by atoms with Crippen LogP contribution < -0.4 is 27.5 Å². The highest BCUT2D eigenvalue weighted by atomic mass is 35.5. The van der Waals surface area contributed by atoms with Crippen LogP contribution in [0, 0.1) is 0 Å². The number of aliphatic carboxylic acids is 1. The van der Waals surface area contributed by atoms with Crippen molar-refractivity contribution < 1.29 is 9.90 Å². The van der Waals surface area contributed by atoms with Crippen LogP contribution in [-0.2, 0) is 17.9 Å². The Balaban J connectivity index is 0.000000179. The number of hydrogen-bond acceptors (Lipinski definition) is 17. The summed E-state index contributed by atoms with van der Waals surface area (Å²) in [5.74, 6) is 0.434. The predicted octanol–water partition coefficient (Wildman–Crippen LogP) is 14.4. The van der Waals surface area contributed by atoms with Crippen LogP contribution in [0.3, 0.4) is 0 Å². The highest BCUT2D eigenvalue weighted by Crippen LogP contribution is 2.34. The van der Waals surface area contributed by atoms with E-state index in [-0.39, 0.29) is 27.0 Å². The number of hydrogen-bond donors (Lipinski definition) is 4. The molecule has 0 aliphatic carbocycles. The van der Waals surface area contributed by atoms with Crippen LogP contribution in [0.15, 0.2) is 196 Å². The molecule has 0 saturated heterocycles. The van der Waals surface area contributed by atoms with Crippen molar-refractivity contribution in [2.45, 2.75) is 45.9 Å². The smallest absolute Gasteiger partial charge is 0.300 e. The minimum Gasteiger partial charge on any atom is -0.481 e. The number of benzene rings is 6. The van der Waals surface area contributed by atoms with Gasteiger partial charge in [0.15, 0.2) is 15.4 Å². The molecule has 420 valence electrons. The first-order valence-corrected chi connectivity index (χ1v) is 29.1. The standard InChI is InChI=1S/C30H22N6OS2.C29H24N6OS.C2H4O2.CCl2S/c1-19(35-28-27-29(33-16-32-28)39-18-34-27)25-14-22-9-6-12-24(21-8-5-7-20(13-21)15-31-17-38)26(22)30(37)36(25)23-10-3-2-4-11-23;1-18(34-27-26-28(32-16-31-27)37-17-33-26)24-14-21-9-6-12-23(20-8-5-7-19(13-20)15-30)25(21)29(36)35(24)22-10-3-2-4-11-22;1-2(3)4;2-1(3)4/h2-14,16,18-19H,15H2,1H3,(H,32,33,35);2-14,16-18H,15,30H2,1H3,(H,31,32,34);1H3,(H,3,4);/t19-;18-;;/m00../s1. The molecule has 22 heteroatoms. The average Bonchev–Trinajstić information content (AvgIpc) is 1.82. The number of aromatic nitrogens is 8. The normalized spacial score (nSPS) is 11.5. The second kappa shape index (κ2) is 28.0. The van der Waals surface area contributed by atoms with Gasteiger partial charge in [-0.3, -0.25) is 23.5 Å². The van der Waals surface area contributed by atoms with Gasteiger partial charge in [-0.25, -0.2) is 34.9 Å². The first kappa shape index (κ1) is 59.8. The highest BCUT2D eigenvalue weighted by molar-refractivity contribution is 7.86. The molecule has 0 fully saturated rings. The summed E-state index contributed by atoms with van der Waals surface area (Å²) in [7, 11) is 0. The lowest BCUT2D eigenvalue weighted by Crippen LogP contribution is -2.26. The summed E-state index contributed by atoms with van der Waals surface area (Å²) >= 11 is 21.3. The number of pyridine rings is 2. The van der Waals surface area contributed by atoms with Gasteiger partial charge in [-0.2, -0.15) is 0 Å². The summed E-state index contributed by atoms with van der Waals surface area (Å²) in [6.07, 6.45) is 3.06. The van der Waals surface area contributed by atoms with Crippen LogP contribution in [0.2, 0.25) is 0 Å². The summed E-state index contributed by atoms with van der Waals surface area (Å²) in [6, 6.07) is 51.0. The maximum absolute atomic E-state index is 14.4. The minimum absolute atomic E-state index is 0.0556. The molecule has 6 aromatic heterocycles. The number of thiocarbonyl (C=S) groups is 2. The van der Waals surface area contributed by atoms with Gasteiger partial charge >= 0.3 is 0 Å². The molecule has 84 heavy (non-hydrogen) atoms. The maximum Gasteiger partial charge on any atom is 0.300 e. The van der Waals surface area contributed by atoms with Crippen LogP contribution in [0.1, 0.15) is 55.4 Å². The molecule has 0 saturated carbocycles. The Bertz CT molecular complexity index is 4500. The second-order valence-electron chi connectivity index (χ2n) is 18.6. The van der Waals surface area contributed by atoms with Crippen molar-refractivity contribution >= 4 is 139 Å². The quantitative estimate of drug-likeness (QED) is 0.0479. The van der Waals surface area contributed by atoms with Gasteiger partial charge in [-0.05, 0) is 119 Å². The van der Waals surface area contributed by atoms with E-state index in [4.69, 9.17) is 51.1 Å². The summed E-state index contributed by atoms with van der Waals surface area (Å²) in [5, 5.41) is 19.8. The van der Waals surface area contributed by atoms with Crippen molar-refractivity contribution in [1.82, 2.24) is 39.0 Å². The molecule has 6 heterocycles. The number of halogens is 2. The fraction of sp³-hybridized carbons (Fsp3) is 0.113. The van der Waals surface area contributed by atoms with Gasteiger partial charge in [0.05, 0.1) is 45.6 Å². The Labute approximate surface area is 510 Å². The van der Waals surface area contributed by atoms with E-state index in [1.54, 1.807) is 20.2 Å². The maximum atomic E-state index is 14.4. The zero-order valence-electron chi connectivity index (χ0n) is 45.1. The van der Waals surface area contributed by atoms with Crippen molar-refractivity contribution in [2.75, 3.05) is 10.6 Å². The molecular formula is C62H50Cl2N12O4S4. The lowest BCUT2D eigenvalue weighted by Gasteiger charge is -2.22. The second-order valence-corrected chi connectivity index (χ2v) is 22.2. The molecule has 6 aromatic carbocycles. The third kappa shape index (κ3) is 14.0. The van der Waals surface area contributed by atoms with E-state index in [1.807, 2.05) is 159 Å². The number of isothiocyanates is 1. The van der Waals surface area contributed by atoms with Gasteiger partial charge in [0.25, 0.3) is 17.1 Å². The van der Waals surface area contributed by atoms with Crippen LogP contribution >= 0.6 is 70.3 Å². The van der Waals surface area contributed by atoms with Gasteiger partial charge in [-0.15, -0.1) is 22.7 Å². The van der Waals surface area contributed by atoms with Gasteiger partial charge in [0, 0.05) is 36.2 Å². The Kier molecular flexibility index (Phi) is 19.9. The number of aliphatic imine (C=N–C) groups is 1. The Morgan fingerprint density at radius 2 is 1.05 bits per heavy atom. The van der Waals surface area contributed by atoms with E-state index in [1.165, 1.54) is 35.3 Å². The van der Waals surface area contributed by atoms with Crippen molar-refractivity contribution in [1.29, 1.82) is 0 Å². The predicted molar refractivity (Wildman–Crippen MR) is 349 cm³/mol. The zero-order chi connectivity index (χ0) is 59.3. The molecule has 0 amide bonds. The molecule has 12 rings (SSSR count). The molecule has 5 N–H and O–H groups in total. The molecule has 0 spiro atoms. The number of carboxylic acids is 1. The van der Waals surface area contributed by atoms with Gasteiger partial charge in [0.2, 0.25) is 0 Å². The summed E-state index contributed by atoms with van der Waals surface area (Å²) in [5.41, 5.74) is 19.5. The molecule has 0 bridgehead atoms. The number of rotatable bonds is 13. The summed E-state index contributed by atoms with van der Waals surface area (Å²) < 4.78 is 3.51. The first-order valence-electron chi connectivity index (χ1n) is 25.8. The van der Waals surface area contributed by atoms with Crippen molar-refractivity contribution in [3.8, 4) is 33.6 Å². The van der Waals surface area contributed by atoms with E-state index in [2.05, 4.69) is 75.0 Å². The molecule has 0 unspecified atom stereocenters. The van der Waals surface area contributed by atoms with E-state index in [9.17, 15) is 9.59 Å². The highest BCUT2D eigenvalue weighted by Gasteiger charge is 2.23. The monoisotopic (exact) mass is 1220 g/mol. The van der Waals surface area contributed by atoms with E-state index in [0.717, 1.165) is 89.0 Å². The number of fused-ring (bicyclic) bond motifs is 4. The number of nitrogens with one attached hydrogen (secondary N) is 2. The average molecular weight is 1230 g/mol. The van der Waals surface area contributed by atoms with Gasteiger partial charge in [-0.1, -0.05) is 145 Å². The molecular weight excluding hydrogens is 1180 g/mol. The Morgan fingerprint density at radius 3 is 1.48 bits per heavy atom. The number of nitrogens with two attached hydrogens (primary N) is 1. The first-order chi connectivity index (χ1) is 40.7. The lowest BCUT2D eigenvalue weighted by atomic mass is 9.96. The number of para-hydroxylation sites is 2. The molecule has 0 aliphatic heterocycles. The summed E-state index contributed by atoms with van der Waals surface area (Å²) in [6.45, 7) is 6.01. The number of carboxylic acid groups (broad SMARTS) is 1. The number of carbonyl (C=O) groups is 1. The molecule has 0 radical (unpaired) electrons. The number of anilines is 2. The SMILES string of the molecule is CC(=O)O.C[C@H](Nc1ncnc2scnc12)c1cc2cccc(-c3cccc(CN)c3)c2c(=O)n1-c1ccccc1.C[C@H](Nc1ncnc2scnc12)c1cc2cccc(-c3cccc(CN=C=S)c3)c2c(=O)n1-c1ccccc1.S=C(Cl)Cl. The van der Waals surface area contributed by atoms with Crippen molar-refractivity contribution in [3.63, 3.8) is 0 Å². The van der Waals surface area contributed by atoms with Crippen LogP contribution in [-0.4, -0.2) is 59.1 Å². The van der Waals surface area contributed by atoms with Crippen LogP contribution in [0.25, 0.3) is 75.9 Å². The summed E-state index contributed by atoms with van der Waals surface area (Å²) in [4.78, 5) is 69.7. The minimum atomic E-state index is -0.833. The van der Waals surface area contributed by atoms with Gasteiger partial charge < -0.3 is 21.5 Å². The lowest BCUT2D eigenvalue weighted by molar-refractivity contribution is -0.134.